The fraction of sp³-hybridized carbons (Fsp3) is 0.373. The molecule has 6 aromatic heterocycles. The molecule has 0 aliphatic heterocycles. The molecule has 0 unspecified atom stereocenters. The number of carbonyl (C=O) groups is 2. The van der Waals surface area contributed by atoms with Crippen LogP contribution in [0.2, 0.25) is 0 Å². The molecule has 0 spiro atoms. The predicted octanol–water partition coefficient (Wildman–Crippen LogP) is 10.4. The number of carbonyl (C=O) groups excluding carboxylic acids is 2. The number of halogens is 1. The largest absolute Gasteiger partial charge is 0.465 e. The van der Waals surface area contributed by atoms with E-state index < -0.39 is 10.0 Å². The van der Waals surface area contributed by atoms with Crippen molar-refractivity contribution < 1.29 is 41.0 Å². The number of aryl methyl sites for hydroxylation is 8. The van der Waals surface area contributed by atoms with E-state index in [-0.39, 0.29) is 23.1 Å². The van der Waals surface area contributed by atoms with Gasteiger partial charge in [0.25, 0.3) is 0 Å². The molecule has 2 N–H and O–H groups in total. The monoisotopic (exact) mass is 1110 g/mol. The van der Waals surface area contributed by atoms with E-state index in [1.165, 1.54) is 14.2 Å². The van der Waals surface area contributed by atoms with Gasteiger partial charge in [-0.15, -0.1) is 0 Å². The van der Waals surface area contributed by atoms with Gasteiger partial charge in [0.1, 0.15) is 40.0 Å². The molecule has 0 amide bonds. The van der Waals surface area contributed by atoms with Crippen LogP contribution < -0.4 is 4.72 Å². The number of methoxy groups -OCH3 is 2. The van der Waals surface area contributed by atoms with Crippen LogP contribution >= 0.6 is 22.6 Å². The van der Waals surface area contributed by atoms with Gasteiger partial charge in [0.05, 0.1) is 69.7 Å². The second kappa shape index (κ2) is 18.6. The second-order valence-electron chi connectivity index (χ2n) is 18.8. The average molecular weight is 1110 g/mol. The third kappa shape index (κ3) is 9.04. The molecule has 0 atom stereocenters. The predicted molar refractivity (Wildman–Crippen MR) is 277 cm³/mol. The molecule has 0 bridgehead atoms. The van der Waals surface area contributed by atoms with E-state index in [2.05, 4.69) is 57.3 Å². The Morgan fingerprint density at radius 1 is 0.653 bits per heavy atom. The van der Waals surface area contributed by atoms with Crippen LogP contribution in [0.4, 0.5) is 5.95 Å². The number of hydrogen-bond donors (Lipinski definition) is 2. The Labute approximate surface area is 427 Å². The Kier molecular flexibility index (Phi) is 12.6. The number of aromatic amines is 1. The topological polar surface area (TPSA) is 241 Å². The summed E-state index contributed by atoms with van der Waals surface area (Å²) in [7, 11) is 3.41. The quantitative estimate of drug-likeness (QED) is 0.0956. The van der Waals surface area contributed by atoms with E-state index in [9.17, 15) is 18.0 Å². The van der Waals surface area contributed by atoms with E-state index in [0.717, 1.165) is 136 Å². The number of fused-ring (bicyclic) bond motifs is 3. The van der Waals surface area contributed by atoms with Crippen molar-refractivity contribution in [3.63, 3.8) is 0 Å². The first-order chi connectivity index (χ1) is 34.4. The molecule has 21 heteroatoms. The van der Waals surface area contributed by atoms with Crippen LogP contribution in [-0.4, -0.2) is 84.4 Å². The minimum absolute atomic E-state index is 0.255. The van der Waals surface area contributed by atoms with Gasteiger partial charge in [0.15, 0.2) is 0 Å². The maximum Gasteiger partial charge on any atom is 0.340 e. The van der Waals surface area contributed by atoms with Crippen LogP contribution in [-0.2, 0) is 33.6 Å². The third-order valence-corrected chi connectivity index (χ3v) is 16.1. The van der Waals surface area contributed by atoms with Crippen molar-refractivity contribution in [1.29, 1.82) is 0 Å². The van der Waals surface area contributed by atoms with Gasteiger partial charge in [0.2, 0.25) is 16.0 Å². The molecule has 6 heterocycles. The van der Waals surface area contributed by atoms with Crippen LogP contribution in [0.25, 0.3) is 66.5 Å². The van der Waals surface area contributed by atoms with Crippen LogP contribution in [0.1, 0.15) is 117 Å². The lowest BCUT2D eigenvalue weighted by Gasteiger charge is -2.08. The number of imidazole rings is 3. The smallest absolute Gasteiger partial charge is 0.340 e. The fourth-order valence-electron chi connectivity index (χ4n) is 9.46. The van der Waals surface area contributed by atoms with Gasteiger partial charge >= 0.3 is 11.9 Å². The minimum atomic E-state index is -3.34. The van der Waals surface area contributed by atoms with E-state index in [1.54, 1.807) is 0 Å². The first-order valence-electron chi connectivity index (χ1n) is 23.5. The Morgan fingerprint density at radius 3 is 1.65 bits per heavy atom. The number of rotatable bonds is 10. The van der Waals surface area contributed by atoms with Gasteiger partial charge in [-0.3, -0.25) is 4.72 Å². The minimum Gasteiger partial charge on any atom is -0.465 e. The second-order valence-corrected chi connectivity index (χ2v) is 21.9. The zero-order valence-electron chi connectivity index (χ0n) is 41.5. The summed E-state index contributed by atoms with van der Waals surface area (Å²) in [6.45, 7) is 11.3. The number of H-pyrrole nitrogens is 1. The van der Waals surface area contributed by atoms with Gasteiger partial charge < -0.3 is 37.2 Å². The van der Waals surface area contributed by atoms with Crippen molar-refractivity contribution in [2.75, 3.05) is 18.9 Å². The standard InChI is InChI=1S/2C18H19N3O3.C15H15IN4O3S/c1-9-15(10(2)24-20-9)12-7-13(18(22)23-4)16-14(8-12)21(3)17(19-16)11-5-6-11;1-9-15(10(2)24-20-9)12-7-13(18(22)23-4)16-14(8-12)19-17(21(16)3)11-5-6-11;1-7-13(8(2)23-19-7)9-5-11(16)14-12(6-9)17-15(18-14)20-24(21,22)10-3-4-10/h2*7-8,11H,5-6H2,1-4H3;5-6,10H,3-4H2,1-2H3,(H2,17,18,20). The van der Waals surface area contributed by atoms with Crippen LogP contribution in [0, 0.1) is 45.1 Å². The van der Waals surface area contributed by atoms with Gasteiger partial charge in [-0.2, -0.15) is 0 Å². The van der Waals surface area contributed by atoms with Gasteiger partial charge in [-0.05, 0) is 156 Å². The number of anilines is 1. The summed E-state index contributed by atoms with van der Waals surface area (Å²) >= 11 is 2.20. The zero-order chi connectivity index (χ0) is 51.1. The normalized spacial score (nSPS) is 14.6. The number of ether oxygens (including phenoxy) is 2. The van der Waals surface area contributed by atoms with Crippen LogP contribution in [0.15, 0.2) is 50.0 Å². The SMILES string of the molecule is COC(=O)c1cc(-c2c(C)noc2C)cc2c1nc(C1CC1)n2C.COC(=O)c1cc(-c2c(C)noc2C)cc2nc(C3CC3)n(C)c12.Cc1noc(C)c1-c1cc(I)c2nc(NS(=O)(=O)C3CC3)[nH]c2c1. The van der Waals surface area contributed by atoms with Gasteiger partial charge in [0, 0.05) is 46.2 Å². The number of nitrogens with zero attached hydrogens (tertiary/aromatic N) is 8. The van der Waals surface area contributed by atoms with Gasteiger partial charge in [-0.1, -0.05) is 15.5 Å². The summed E-state index contributed by atoms with van der Waals surface area (Å²) in [4.78, 5) is 41.6. The third-order valence-electron chi connectivity index (χ3n) is 13.4. The molecule has 0 radical (unpaired) electrons. The van der Waals surface area contributed by atoms with E-state index in [1.807, 2.05) is 96.6 Å². The Hall–Kier alpha value is -6.88. The molecular weight excluding hydrogens is 1060 g/mol. The molecule has 3 saturated carbocycles. The molecule has 72 heavy (non-hydrogen) atoms. The molecule has 3 aromatic carbocycles. The number of sulfonamides is 1. The Morgan fingerprint density at radius 2 is 1.15 bits per heavy atom. The molecule has 12 rings (SSSR count). The Balaban J connectivity index is 0.000000124. The molecule has 9 aromatic rings. The lowest BCUT2D eigenvalue weighted by molar-refractivity contribution is 0.0593. The zero-order valence-corrected chi connectivity index (χ0v) is 44.5. The van der Waals surface area contributed by atoms with E-state index >= 15 is 0 Å². The van der Waals surface area contributed by atoms with Gasteiger partial charge in [-0.25, -0.2) is 33.0 Å². The number of nitrogens with one attached hydrogen (secondary N) is 2. The van der Waals surface area contributed by atoms with Crippen LogP contribution in [0.3, 0.4) is 0 Å². The number of aromatic nitrogens is 9. The summed E-state index contributed by atoms with van der Waals surface area (Å²) in [5, 5.41) is 11.7. The molecule has 0 saturated heterocycles. The van der Waals surface area contributed by atoms with Crippen molar-refractivity contribution in [2.45, 2.75) is 97.2 Å². The summed E-state index contributed by atoms with van der Waals surface area (Å²) < 4.78 is 57.5. The maximum atomic E-state index is 12.4. The lowest BCUT2D eigenvalue weighted by atomic mass is 10.0. The summed E-state index contributed by atoms with van der Waals surface area (Å²) in [6.07, 6.45) is 6.04. The highest BCUT2D eigenvalue weighted by Gasteiger charge is 2.37. The average Bonchev–Trinajstić information content (AvgIpc) is 4.31. The summed E-state index contributed by atoms with van der Waals surface area (Å²) in [5.74, 6) is 4.77. The first kappa shape index (κ1) is 48.7. The first-order valence-corrected chi connectivity index (χ1v) is 26.2. The molecule has 3 fully saturated rings. The number of benzene rings is 3. The fourth-order valence-corrected chi connectivity index (χ4v) is 11.5. The molecule has 3 aliphatic rings. The van der Waals surface area contributed by atoms with Crippen molar-refractivity contribution in [1.82, 2.24) is 44.5 Å². The van der Waals surface area contributed by atoms with Crippen molar-refractivity contribution in [3.05, 3.63) is 97.1 Å². The van der Waals surface area contributed by atoms with E-state index in [0.29, 0.717) is 41.3 Å². The number of hydrogen-bond acceptors (Lipinski definition) is 15. The Bertz CT molecular complexity index is 3680. The van der Waals surface area contributed by atoms with Crippen molar-refractivity contribution in [2.24, 2.45) is 14.1 Å². The van der Waals surface area contributed by atoms with Crippen molar-refractivity contribution >= 4 is 83.6 Å². The molecule has 19 nitrogen and oxygen atoms in total. The maximum absolute atomic E-state index is 12.4. The lowest BCUT2D eigenvalue weighted by Crippen LogP contribution is -2.18. The highest BCUT2D eigenvalue weighted by Crippen LogP contribution is 2.43. The highest BCUT2D eigenvalue weighted by molar-refractivity contribution is 14.1. The van der Waals surface area contributed by atoms with Crippen LogP contribution in [0.5, 0.6) is 0 Å². The summed E-state index contributed by atoms with van der Waals surface area (Å²) in [5.41, 5.74) is 13.6. The molecule has 3 aliphatic carbocycles. The molecule has 374 valence electrons. The number of esters is 2. The molecular formula is C51H53IN10O9S. The summed E-state index contributed by atoms with van der Waals surface area (Å²) in [6, 6.07) is 11.7. The van der Waals surface area contributed by atoms with Crippen molar-refractivity contribution in [3.8, 4) is 33.4 Å². The highest BCUT2D eigenvalue weighted by atomic mass is 127. The van der Waals surface area contributed by atoms with E-state index in [4.69, 9.17) is 33.0 Å².